The molecule has 0 aliphatic carbocycles. The van der Waals surface area contributed by atoms with Crippen molar-refractivity contribution >= 4 is 22.9 Å². The molecule has 0 fully saturated rings. The van der Waals surface area contributed by atoms with Gasteiger partial charge in [0.05, 0.1) is 17.9 Å². The smallest absolute Gasteiger partial charge is 0.269 e. The highest BCUT2D eigenvalue weighted by Gasteiger charge is 2.14. The van der Waals surface area contributed by atoms with Crippen molar-refractivity contribution in [2.45, 2.75) is 19.9 Å². The molecule has 0 bridgehead atoms. The number of likely N-dealkylation sites (N-methyl/N-ethyl adjacent to an activating group) is 1. The summed E-state index contributed by atoms with van der Waals surface area (Å²) in [6.07, 6.45) is 0.261. The first-order chi connectivity index (χ1) is 10.1. The van der Waals surface area contributed by atoms with E-state index in [1.165, 1.54) is 12.1 Å². The van der Waals surface area contributed by atoms with Crippen molar-refractivity contribution in [3.05, 3.63) is 62.3 Å². The van der Waals surface area contributed by atoms with Crippen LogP contribution in [0.2, 0.25) is 0 Å². The Morgan fingerprint density at radius 1 is 1.29 bits per heavy atom. The summed E-state index contributed by atoms with van der Waals surface area (Å²) in [5, 5.41) is 12.6. The molecule has 5 nitrogen and oxygen atoms in total. The Kier molecular flexibility index (Phi) is 5.05. The third kappa shape index (κ3) is 4.13. The summed E-state index contributed by atoms with van der Waals surface area (Å²) in [6.45, 7) is 3.20. The number of hydrogen-bond acceptors (Lipinski definition) is 4. The van der Waals surface area contributed by atoms with Crippen molar-refractivity contribution in [3.8, 4) is 0 Å². The first-order valence-corrected chi connectivity index (χ1v) is 7.51. The van der Waals surface area contributed by atoms with E-state index in [-0.39, 0.29) is 18.0 Å². The van der Waals surface area contributed by atoms with Crippen LogP contribution in [0.4, 0.5) is 5.69 Å². The molecule has 0 unspecified atom stereocenters. The van der Waals surface area contributed by atoms with Crippen molar-refractivity contribution in [1.29, 1.82) is 0 Å². The van der Waals surface area contributed by atoms with Crippen LogP contribution in [-0.4, -0.2) is 22.3 Å². The summed E-state index contributed by atoms with van der Waals surface area (Å²) < 4.78 is 0. The molecule has 0 radical (unpaired) electrons. The summed E-state index contributed by atoms with van der Waals surface area (Å²) in [4.78, 5) is 25.4. The van der Waals surface area contributed by atoms with Crippen LogP contribution >= 0.6 is 11.3 Å². The standard InChI is InChI=1S/C15H16N2O3S/c1-2-16(11-14-4-3-9-21-14)15(18)10-12-5-7-13(8-6-12)17(19)20/h3-9H,2,10-11H2,1H3. The van der Waals surface area contributed by atoms with Gasteiger partial charge in [0.2, 0.25) is 5.91 Å². The molecule has 6 heteroatoms. The summed E-state index contributed by atoms with van der Waals surface area (Å²) in [5.41, 5.74) is 0.826. The Morgan fingerprint density at radius 2 is 2.00 bits per heavy atom. The molecule has 0 saturated carbocycles. The minimum atomic E-state index is -0.444. The van der Waals surface area contributed by atoms with E-state index < -0.39 is 4.92 Å². The van der Waals surface area contributed by atoms with Crippen molar-refractivity contribution in [1.82, 2.24) is 4.90 Å². The fraction of sp³-hybridized carbons (Fsp3) is 0.267. The lowest BCUT2D eigenvalue weighted by molar-refractivity contribution is -0.384. The van der Waals surface area contributed by atoms with Crippen molar-refractivity contribution in [2.24, 2.45) is 0 Å². The molecule has 0 atom stereocenters. The lowest BCUT2D eigenvalue weighted by Crippen LogP contribution is -2.31. The molecule has 2 aromatic rings. The maximum atomic E-state index is 12.3. The fourth-order valence-electron chi connectivity index (χ4n) is 1.99. The molecule has 2 rings (SSSR count). The van der Waals surface area contributed by atoms with Crippen LogP contribution < -0.4 is 0 Å². The minimum absolute atomic E-state index is 0.0275. The number of thiophene rings is 1. The Bertz CT molecular complexity index is 608. The van der Waals surface area contributed by atoms with Gasteiger partial charge in [-0.25, -0.2) is 0 Å². The van der Waals surface area contributed by atoms with Crippen LogP contribution in [0, 0.1) is 10.1 Å². The number of carbonyl (C=O) groups is 1. The number of amides is 1. The zero-order valence-corrected chi connectivity index (χ0v) is 12.5. The molecule has 0 aliphatic heterocycles. The largest absolute Gasteiger partial charge is 0.338 e. The zero-order valence-electron chi connectivity index (χ0n) is 11.7. The van der Waals surface area contributed by atoms with Crippen molar-refractivity contribution in [3.63, 3.8) is 0 Å². The predicted octanol–water partition coefficient (Wildman–Crippen LogP) is 3.25. The number of rotatable bonds is 6. The van der Waals surface area contributed by atoms with E-state index in [9.17, 15) is 14.9 Å². The Labute approximate surface area is 127 Å². The van der Waals surface area contributed by atoms with Gasteiger partial charge in [0.15, 0.2) is 0 Å². The maximum Gasteiger partial charge on any atom is 0.269 e. The second-order valence-electron chi connectivity index (χ2n) is 4.59. The number of hydrogen-bond donors (Lipinski definition) is 0. The summed E-state index contributed by atoms with van der Waals surface area (Å²) in [6, 6.07) is 10.1. The van der Waals surface area contributed by atoms with Gasteiger partial charge >= 0.3 is 0 Å². The average Bonchev–Trinajstić information content (AvgIpc) is 2.98. The van der Waals surface area contributed by atoms with Gasteiger partial charge in [-0.2, -0.15) is 0 Å². The van der Waals surface area contributed by atoms with Crippen LogP contribution in [0.25, 0.3) is 0 Å². The van der Waals surface area contributed by atoms with E-state index in [0.29, 0.717) is 13.1 Å². The summed E-state index contributed by atoms with van der Waals surface area (Å²) in [5.74, 6) is 0.0275. The highest BCUT2D eigenvalue weighted by Crippen LogP contribution is 2.15. The Morgan fingerprint density at radius 3 is 2.52 bits per heavy atom. The van der Waals surface area contributed by atoms with Gasteiger partial charge in [-0.05, 0) is 23.9 Å². The van der Waals surface area contributed by atoms with Gasteiger partial charge in [0, 0.05) is 23.6 Å². The molecule has 0 spiro atoms. The molecule has 0 aliphatic rings. The lowest BCUT2D eigenvalue weighted by atomic mass is 10.1. The molecular formula is C15H16N2O3S. The Balaban J connectivity index is 2.00. The monoisotopic (exact) mass is 304 g/mol. The second kappa shape index (κ2) is 6.99. The number of nitro benzene ring substituents is 1. The van der Waals surface area contributed by atoms with E-state index in [0.717, 1.165) is 10.4 Å². The van der Waals surface area contributed by atoms with E-state index in [4.69, 9.17) is 0 Å². The number of benzene rings is 1. The molecular weight excluding hydrogens is 288 g/mol. The number of nitro groups is 1. The fourth-order valence-corrected chi connectivity index (χ4v) is 2.71. The van der Waals surface area contributed by atoms with E-state index in [2.05, 4.69) is 0 Å². The summed E-state index contributed by atoms with van der Waals surface area (Å²) >= 11 is 1.63. The minimum Gasteiger partial charge on any atom is -0.338 e. The molecule has 0 N–H and O–H groups in total. The van der Waals surface area contributed by atoms with Gasteiger partial charge in [-0.1, -0.05) is 18.2 Å². The number of carbonyl (C=O) groups excluding carboxylic acids is 1. The van der Waals surface area contributed by atoms with Gasteiger partial charge in [-0.3, -0.25) is 14.9 Å². The van der Waals surface area contributed by atoms with Crippen LogP contribution in [0.15, 0.2) is 41.8 Å². The quantitative estimate of drug-likeness (QED) is 0.608. The molecule has 0 saturated heterocycles. The van der Waals surface area contributed by atoms with Crippen molar-refractivity contribution in [2.75, 3.05) is 6.54 Å². The lowest BCUT2D eigenvalue weighted by Gasteiger charge is -2.20. The first kappa shape index (κ1) is 15.2. The predicted molar refractivity (Wildman–Crippen MR) is 82.2 cm³/mol. The third-order valence-corrected chi connectivity index (χ3v) is 4.02. The molecule has 1 amide bonds. The van der Waals surface area contributed by atoms with Gasteiger partial charge in [0.25, 0.3) is 5.69 Å². The van der Waals surface area contributed by atoms with E-state index in [1.807, 2.05) is 24.4 Å². The Hall–Kier alpha value is -2.21. The van der Waals surface area contributed by atoms with Crippen molar-refractivity contribution < 1.29 is 9.72 Å². The number of nitrogens with zero attached hydrogens (tertiary/aromatic N) is 2. The SMILES string of the molecule is CCN(Cc1cccs1)C(=O)Cc1ccc([N+](=O)[O-])cc1. The van der Waals surface area contributed by atoms with Crippen LogP contribution in [-0.2, 0) is 17.8 Å². The first-order valence-electron chi connectivity index (χ1n) is 6.63. The molecule has 1 aromatic carbocycles. The summed E-state index contributed by atoms with van der Waals surface area (Å²) in [7, 11) is 0. The average molecular weight is 304 g/mol. The maximum absolute atomic E-state index is 12.3. The van der Waals surface area contributed by atoms with Gasteiger partial charge < -0.3 is 4.90 Å². The highest BCUT2D eigenvalue weighted by molar-refractivity contribution is 7.09. The van der Waals surface area contributed by atoms with E-state index >= 15 is 0 Å². The van der Waals surface area contributed by atoms with Gasteiger partial charge in [-0.15, -0.1) is 11.3 Å². The van der Waals surface area contributed by atoms with Crippen LogP contribution in [0.1, 0.15) is 17.4 Å². The highest BCUT2D eigenvalue weighted by atomic mass is 32.1. The van der Waals surface area contributed by atoms with Gasteiger partial charge in [0.1, 0.15) is 0 Å². The third-order valence-electron chi connectivity index (χ3n) is 3.16. The molecule has 110 valence electrons. The van der Waals surface area contributed by atoms with E-state index in [1.54, 1.807) is 28.4 Å². The van der Waals surface area contributed by atoms with Crippen LogP contribution in [0.3, 0.4) is 0 Å². The molecule has 1 heterocycles. The topological polar surface area (TPSA) is 63.5 Å². The number of non-ortho nitro benzene ring substituents is 1. The zero-order chi connectivity index (χ0) is 15.2. The second-order valence-corrected chi connectivity index (χ2v) is 5.62. The van der Waals surface area contributed by atoms with Crippen LogP contribution in [0.5, 0.6) is 0 Å². The normalized spacial score (nSPS) is 10.3. The molecule has 1 aromatic heterocycles. The molecule has 21 heavy (non-hydrogen) atoms.